The van der Waals surface area contributed by atoms with E-state index in [0.717, 1.165) is 11.5 Å². The van der Waals surface area contributed by atoms with E-state index in [1.807, 2.05) is 0 Å². The molecule has 2 aromatic heterocycles. The van der Waals surface area contributed by atoms with E-state index in [2.05, 4.69) is 19.7 Å². The summed E-state index contributed by atoms with van der Waals surface area (Å²) >= 11 is 1.08. The van der Waals surface area contributed by atoms with E-state index in [1.54, 1.807) is 13.0 Å². The number of pyridine rings is 1. The molecule has 0 aliphatic rings. The number of nitrogens with zero attached hydrogens (tertiary/aromatic N) is 3. The predicted molar refractivity (Wildman–Crippen MR) is 58.5 cm³/mol. The number of aryl methyl sites for hydroxylation is 1. The van der Waals surface area contributed by atoms with Gasteiger partial charge in [-0.05, 0) is 19.1 Å². The lowest BCUT2D eigenvalue weighted by molar-refractivity contribution is 0.101. The molecule has 0 fully saturated rings. The highest BCUT2D eigenvalue weighted by molar-refractivity contribution is 7.09. The van der Waals surface area contributed by atoms with E-state index < -0.39 is 5.91 Å². The normalized spacial score (nSPS) is 10.1. The summed E-state index contributed by atoms with van der Waals surface area (Å²) < 4.78 is 3.92. The summed E-state index contributed by atoms with van der Waals surface area (Å²) in [5.74, 6) is -0.0824. The molecule has 0 aromatic carbocycles. The van der Waals surface area contributed by atoms with Gasteiger partial charge in [-0.3, -0.25) is 10.1 Å². The highest BCUT2D eigenvalue weighted by Crippen LogP contribution is 2.16. The Bertz CT molecular complexity index is 526. The van der Waals surface area contributed by atoms with Crippen molar-refractivity contribution < 1.29 is 9.90 Å². The Morgan fingerprint density at radius 3 is 3.00 bits per heavy atom. The molecule has 82 valence electrons. The third kappa shape index (κ3) is 2.14. The number of rotatable bonds is 2. The highest BCUT2D eigenvalue weighted by atomic mass is 32.1. The van der Waals surface area contributed by atoms with Gasteiger partial charge in [0.2, 0.25) is 5.13 Å². The van der Waals surface area contributed by atoms with Crippen LogP contribution in [0.1, 0.15) is 16.3 Å². The number of amides is 1. The van der Waals surface area contributed by atoms with Crippen molar-refractivity contribution in [2.24, 2.45) is 0 Å². The Kier molecular flexibility index (Phi) is 2.78. The molecule has 7 heteroatoms. The zero-order valence-corrected chi connectivity index (χ0v) is 9.15. The van der Waals surface area contributed by atoms with Crippen molar-refractivity contribution in [1.82, 2.24) is 14.3 Å². The number of anilines is 1. The van der Waals surface area contributed by atoms with Crippen molar-refractivity contribution in [3.63, 3.8) is 0 Å². The van der Waals surface area contributed by atoms with Crippen LogP contribution < -0.4 is 5.32 Å². The quantitative estimate of drug-likeness (QED) is 0.818. The fourth-order valence-corrected chi connectivity index (χ4v) is 1.65. The van der Waals surface area contributed by atoms with E-state index in [4.69, 9.17) is 0 Å². The van der Waals surface area contributed by atoms with Gasteiger partial charge in [0.25, 0.3) is 5.91 Å². The molecule has 0 unspecified atom stereocenters. The van der Waals surface area contributed by atoms with Gasteiger partial charge in [-0.1, -0.05) is 0 Å². The Labute approximate surface area is 95.2 Å². The van der Waals surface area contributed by atoms with Gasteiger partial charge in [0.15, 0.2) is 5.69 Å². The molecule has 0 saturated heterocycles. The van der Waals surface area contributed by atoms with Crippen molar-refractivity contribution in [3.8, 4) is 5.75 Å². The summed E-state index contributed by atoms with van der Waals surface area (Å²) in [6.07, 6.45) is 1.43. The summed E-state index contributed by atoms with van der Waals surface area (Å²) in [7, 11) is 0. The molecular weight excluding hydrogens is 228 g/mol. The SMILES string of the molecule is Cc1nsc(NC(=O)c2ncccc2O)n1. The molecule has 0 aliphatic heterocycles. The molecule has 2 N–H and O–H groups in total. The minimum absolute atomic E-state index is 0.0321. The van der Waals surface area contributed by atoms with E-state index in [0.29, 0.717) is 11.0 Å². The average Bonchev–Trinajstić information content (AvgIpc) is 2.64. The summed E-state index contributed by atoms with van der Waals surface area (Å²) in [6, 6.07) is 2.94. The molecule has 0 radical (unpaired) electrons. The topological polar surface area (TPSA) is 88.0 Å². The molecule has 0 bridgehead atoms. The van der Waals surface area contributed by atoms with Crippen molar-refractivity contribution in [2.45, 2.75) is 6.92 Å². The van der Waals surface area contributed by atoms with Gasteiger partial charge in [-0.25, -0.2) is 9.97 Å². The molecule has 16 heavy (non-hydrogen) atoms. The number of aromatic nitrogens is 3. The van der Waals surface area contributed by atoms with Crippen LogP contribution in [0, 0.1) is 6.92 Å². The van der Waals surface area contributed by atoms with E-state index in [9.17, 15) is 9.90 Å². The first-order valence-electron chi connectivity index (χ1n) is 4.42. The van der Waals surface area contributed by atoms with Crippen LogP contribution in [0.25, 0.3) is 0 Å². The second-order valence-corrected chi connectivity index (χ2v) is 3.72. The number of hydrogen-bond donors (Lipinski definition) is 2. The lowest BCUT2D eigenvalue weighted by Crippen LogP contribution is -2.13. The van der Waals surface area contributed by atoms with Gasteiger partial charge < -0.3 is 5.11 Å². The third-order valence-corrected chi connectivity index (χ3v) is 2.47. The minimum atomic E-state index is -0.505. The average molecular weight is 236 g/mol. The molecule has 0 atom stereocenters. The van der Waals surface area contributed by atoms with E-state index in [1.165, 1.54) is 12.3 Å². The molecule has 1 amide bonds. The predicted octanol–water partition coefficient (Wildman–Crippen LogP) is 1.20. The van der Waals surface area contributed by atoms with Crippen LogP contribution in [0.3, 0.4) is 0 Å². The van der Waals surface area contributed by atoms with Crippen LogP contribution in [0.5, 0.6) is 5.75 Å². The van der Waals surface area contributed by atoms with Crippen LogP contribution >= 0.6 is 11.5 Å². The Morgan fingerprint density at radius 2 is 2.38 bits per heavy atom. The maximum atomic E-state index is 11.6. The lowest BCUT2D eigenvalue weighted by Gasteiger charge is -2.01. The zero-order chi connectivity index (χ0) is 11.5. The van der Waals surface area contributed by atoms with Crippen molar-refractivity contribution in [2.75, 3.05) is 5.32 Å². The largest absolute Gasteiger partial charge is 0.505 e. The first-order chi connectivity index (χ1) is 7.66. The summed E-state index contributed by atoms with van der Waals surface area (Å²) in [6.45, 7) is 1.73. The number of carbonyl (C=O) groups excluding carboxylic acids is 1. The monoisotopic (exact) mass is 236 g/mol. The van der Waals surface area contributed by atoms with Crippen molar-refractivity contribution in [3.05, 3.63) is 29.8 Å². The molecular formula is C9H8N4O2S. The molecule has 0 spiro atoms. The summed E-state index contributed by atoms with van der Waals surface area (Å²) in [5, 5.41) is 12.3. The van der Waals surface area contributed by atoms with Crippen LogP contribution in [0.15, 0.2) is 18.3 Å². The van der Waals surface area contributed by atoms with E-state index in [-0.39, 0.29) is 11.4 Å². The third-order valence-electron chi connectivity index (χ3n) is 1.75. The standard InChI is InChI=1S/C9H8N4O2S/c1-5-11-9(16-13-5)12-8(15)7-6(14)3-2-4-10-7/h2-4,14H,1H3,(H,11,12,13,15). The molecule has 2 heterocycles. The van der Waals surface area contributed by atoms with Crippen LogP contribution in [0.4, 0.5) is 5.13 Å². The smallest absolute Gasteiger partial charge is 0.279 e. The molecule has 0 aliphatic carbocycles. The second kappa shape index (κ2) is 4.23. The molecule has 2 rings (SSSR count). The minimum Gasteiger partial charge on any atom is -0.505 e. The zero-order valence-electron chi connectivity index (χ0n) is 8.34. The maximum Gasteiger partial charge on any atom is 0.279 e. The Balaban J connectivity index is 2.18. The fraction of sp³-hybridized carbons (Fsp3) is 0.111. The van der Waals surface area contributed by atoms with Gasteiger partial charge in [0, 0.05) is 17.7 Å². The molecule has 0 saturated carbocycles. The summed E-state index contributed by atoms with van der Waals surface area (Å²) in [5.41, 5.74) is -0.0321. The van der Waals surface area contributed by atoms with Gasteiger partial charge in [-0.2, -0.15) is 4.37 Å². The highest BCUT2D eigenvalue weighted by Gasteiger charge is 2.13. The van der Waals surface area contributed by atoms with Gasteiger partial charge in [-0.15, -0.1) is 0 Å². The number of nitrogens with one attached hydrogen (secondary N) is 1. The number of carbonyl (C=O) groups is 1. The molecule has 6 nitrogen and oxygen atoms in total. The fourth-order valence-electron chi connectivity index (χ4n) is 1.08. The van der Waals surface area contributed by atoms with Crippen molar-refractivity contribution in [1.29, 1.82) is 0 Å². The first kappa shape index (κ1) is 10.5. The number of hydrogen-bond acceptors (Lipinski definition) is 6. The van der Waals surface area contributed by atoms with Gasteiger partial charge in [0.05, 0.1) is 0 Å². The molecule has 2 aromatic rings. The van der Waals surface area contributed by atoms with Gasteiger partial charge in [0.1, 0.15) is 11.6 Å². The summed E-state index contributed by atoms with van der Waals surface area (Å²) in [4.78, 5) is 19.4. The Hall–Kier alpha value is -2.02. The second-order valence-electron chi connectivity index (χ2n) is 2.97. The Morgan fingerprint density at radius 1 is 1.56 bits per heavy atom. The number of aromatic hydroxyl groups is 1. The first-order valence-corrected chi connectivity index (χ1v) is 5.20. The van der Waals surface area contributed by atoms with E-state index >= 15 is 0 Å². The van der Waals surface area contributed by atoms with Crippen LogP contribution in [-0.4, -0.2) is 25.4 Å². The van der Waals surface area contributed by atoms with Gasteiger partial charge >= 0.3 is 0 Å². The van der Waals surface area contributed by atoms with Crippen LogP contribution in [0.2, 0.25) is 0 Å². The van der Waals surface area contributed by atoms with Crippen LogP contribution in [-0.2, 0) is 0 Å². The van der Waals surface area contributed by atoms with Crippen molar-refractivity contribution >= 4 is 22.6 Å². The maximum absolute atomic E-state index is 11.6. The lowest BCUT2D eigenvalue weighted by atomic mass is 10.3.